The lowest BCUT2D eigenvalue weighted by molar-refractivity contribution is 0.0696. The molecular weight excluding hydrogens is 421 g/mol. The Hall–Kier alpha value is -3.13. The molecule has 154 valence electrons. The highest BCUT2D eigenvalue weighted by Crippen LogP contribution is 2.34. The minimum atomic E-state index is -1.28. The Labute approximate surface area is 173 Å². The van der Waals surface area contributed by atoms with Crippen molar-refractivity contribution < 1.29 is 27.9 Å². The van der Waals surface area contributed by atoms with Gasteiger partial charge < -0.3 is 5.11 Å². The molecule has 0 fully saturated rings. The van der Waals surface area contributed by atoms with E-state index < -0.39 is 39.9 Å². The highest BCUT2D eigenvalue weighted by atomic mass is 35.5. The third-order valence-corrected chi connectivity index (χ3v) is 5.47. The summed E-state index contributed by atoms with van der Waals surface area (Å²) in [7, 11) is 0. The van der Waals surface area contributed by atoms with Gasteiger partial charge in [-0.25, -0.2) is 18.0 Å². The molecule has 0 radical (unpaired) electrons. The lowest BCUT2D eigenvalue weighted by Crippen LogP contribution is -2.20. The standard InChI is InChI=1S/C21H14ClF3N2O3/c22-18-14(24)8-7-13(23)17(18)20(28)27-16-4-2-1-3-12(16)19(26-27)11-6-5-10(21(29)30)9-15(11)25/h5-9H,1-4H2,(H,29,30). The van der Waals surface area contributed by atoms with Crippen LogP contribution < -0.4 is 0 Å². The van der Waals surface area contributed by atoms with Crippen molar-refractivity contribution in [1.29, 1.82) is 0 Å². The third-order valence-electron chi connectivity index (χ3n) is 5.10. The molecule has 5 nitrogen and oxygen atoms in total. The van der Waals surface area contributed by atoms with Crippen LogP contribution in [-0.4, -0.2) is 26.8 Å². The van der Waals surface area contributed by atoms with E-state index in [1.54, 1.807) is 0 Å². The van der Waals surface area contributed by atoms with Gasteiger partial charge >= 0.3 is 5.97 Å². The van der Waals surface area contributed by atoms with Crippen molar-refractivity contribution in [3.8, 4) is 11.3 Å². The first kappa shape index (κ1) is 20.2. The summed E-state index contributed by atoms with van der Waals surface area (Å²) in [5, 5.41) is 12.6. The molecule has 0 unspecified atom stereocenters. The Morgan fingerprint density at radius 2 is 1.70 bits per heavy atom. The summed E-state index contributed by atoms with van der Waals surface area (Å²) >= 11 is 5.83. The smallest absolute Gasteiger partial charge is 0.335 e. The van der Waals surface area contributed by atoms with Crippen molar-refractivity contribution in [2.45, 2.75) is 25.7 Å². The average molecular weight is 435 g/mol. The summed E-state index contributed by atoms with van der Waals surface area (Å²) in [6.07, 6.45) is 2.48. The van der Waals surface area contributed by atoms with Crippen molar-refractivity contribution in [1.82, 2.24) is 9.78 Å². The van der Waals surface area contributed by atoms with Crippen LogP contribution in [0.5, 0.6) is 0 Å². The van der Waals surface area contributed by atoms with Crippen molar-refractivity contribution in [3.63, 3.8) is 0 Å². The van der Waals surface area contributed by atoms with E-state index >= 15 is 0 Å². The lowest BCUT2D eigenvalue weighted by atomic mass is 9.93. The van der Waals surface area contributed by atoms with Crippen molar-refractivity contribution >= 4 is 23.5 Å². The second-order valence-electron chi connectivity index (χ2n) is 6.92. The van der Waals surface area contributed by atoms with Gasteiger partial charge in [0.25, 0.3) is 5.91 Å². The van der Waals surface area contributed by atoms with Crippen LogP contribution in [0, 0.1) is 17.5 Å². The van der Waals surface area contributed by atoms with Gasteiger partial charge in [0, 0.05) is 11.1 Å². The van der Waals surface area contributed by atoms with Crippen LogP contribution in [0.15, 0.2) is 30.3 Å². The largest absolute Gasteiger partial charge is 0.478 e. The maximum absolute atomic E-state index is 14.7. The van der Waals surface area contributed by atoms with E-state index in [0.29, 0.717) is 24.1 Å². The Morgan fingerprint density at radius 1 is 1.00 bits per heavy atom. The van der Waals surface area contributed by atoms with E-state index in [-0.39, 0.29) is 16.8 Å². The summed E-state index contributed by atoms with van der Waals surface area (Å²) in [4.78, 5) is 24.1. The summed E-state index contributed by atoms with van der Waals surface area (Å²) in [6, 6.07) is 5.00. The molecule has 1 aliphatic carbocycles. The maximum Gasteiger partial charge on any atom is 0.335 e. The number of hydrogen-bond donors (Lipinski definition) is 1. The van der Waals surface area contributed by atoms with Crippen LogP contribution in [0.3, 0.4) is 0 Å². The second-order valence-corrected chi connectivity index (χ2v) is 7.29. The molecule has 2 aromatic carbocycles. The normalized spacial score (nSPS) is 13.2. The van der Waals surface area contributed by atoms with Gasteiger partial charge in [-0.2, -0.15) is 9.78 Å². The molecule has 9 heteroatoms. The predicted molar refractivity (Wildman–Crippen MR) is 102 cm³/mol. The van der Waals surface area contributed by atoms with Crippen molar-refractivity contribution in [2.24, 2.45) is 0 Å². The second kappa shape index (κ2) is 7.60. The molecule has 0 spiro atoms. The number of aromatic carboxylic acids is 1. The summed E-state index contributed by atoms with van der Waals surface area (Å²) < 4.78 is 43.7. The third kappa shape index (κ3) is 3.27. The van der Waals surface area contributed by atoms with Crippen LogP contribution >= 0.6 is 11.6 Å². The highest BCUT2D eigenvalue weighted by molar-refractivity contribution is 6.34. The molecule has 0 aliphatic heterocycles. The molecule has 0 saturated carbocycles. The van der Waals surface area contributed by atoms with E-state index in [1.807, 2.05) is 0 Å². The number of nitrogens with zero attached hydrogens (tertiary/aromatic N) is 2. The monoisotopic (exact) mass is 434 g/mol. The summed E-state index contributed by atoms with van der Waals surface area (Å²) in [5.41, 5.74) is 0.401. The van der Waals surface area contributed by atoms with E-state index in [9.17, 15) is 22.8 Å². The maximum atomic E-state index is 14.7. The number of carbonyl (C=O) groups excluding carboxylic acids is 1. The minimum absolute atomic E-state index is 0.0236. The van der Waals surface area contributed by atoms with Gasteiger partial charge in [0.05, 0.1) is 27.5 Å². The molecule has 0 saturated heterocycles. The molecule has 1 aromatic heterocycles. The van der Waals surface area contributed by atoms with Gasteiger partial charge in [0.15, 0.2) is 0 Å². The van der Waals surface area contributed by atoms with E-state index in [0.717, 1.165) is 35.7 Å². The Balaban J connectivity index is 1.89. The molecule has 4 rings (SSSR count). The molecule has 1 N–H and O–H groups in total. The summed E-state index contributed by atoms with van der Waals surface area (Å²) in [5.74, 6) is -4.98. The zero-order chi connectivity index (χ0) is 21.6. The highest BCUT2D eigenvalue weighted by Gasteiger charge is 2.29. The Bertz CT molecular complexity index is 1210. The zero-order valence-corrected chi connectivity index (χ0v) is 16.1. The number of carboxylic acid groups (broad SMARTS) is 1. The van der Waals surface area contributed by atoms with Crippen LogP contribution in [0.4, 0.5) is 13.2 Å². The van der Waals surface area contributed by atoms with E-state index in [4.69, 9.17) is 16.7 Å². The van der Waals surface area contributed by atoms with Gasteiger partial charge in [-0.1, -0.05) is 11.6 Å². The summed E-state index contributed by atoms with van der Waals surface area (Å²) in [6.45, 7) is 0. The average Bonchev–Trinajstić information content (AvgIpc) is 3.10. The molecule has 0 bridgehead atoms. The first-order chi connectivity index (χ1) is 14.3. The SMILES string of the molecule is O=C(O)c1ccc(-c2nn(C(=O)c3c(F)ccc(F)c3Cl)c3c2CCCC3)c(F)c1. The number of halogens is 4. The zero-order valence-electron chi connectivity index (χ0n) is 15.4. The quantitative estimate of drug-likeness (QED) is 0.596. The number of benzene rings is 2. The number of hydrogen-bond acceptors (Lipinski definition) is 3. The fourth-order valence-corrected chi connectivity index (χ4v) is 3.89. The minimum Gasteiger partial charge on any atom is -0.478 e. The van der Waals surface area contributed by atoms with Crippen LogP contribution in [0.1, 0.15) is 44.8 Å². The number of aromatic nitrogens is 2. The number of carbonyl (C=O) groups is 2. The Kier molecular flexibility index (Phi) is 5.11. The van der Waals surface area contributed by atoms with Crippen molar-refractivity contribution in [3.05, 3.63) is 75.2 Å². The Morgan fingerprint density at radius 3 is 2.40 bits per heavy atom. The lowest BCUT2D eigenvalue weighted by Gasteiger charge is -2.14. The molecule has 0 amide bonds. The van der Waals surface area contributed by atoms with Gasteiger partial charge in [0.1, 0.15) is 17.5 Å². The molecule has 1 aliphatic rings. The van der Waals surface area contributed by atoms with E-state index in [2.05, 4.69) is 5.10 Å². The van der Waals surface area contributed by atoms with Crippen LogP contribution in [-0.2, 0) is 12.8 Å². The van der Waals surface area contributed by atoms with Crippen LogP contribution in [0.25, 0.3) is 11.3 Å². The molecule has 1 heterocycles. The van der Waals surface area contributed by atoms with Gasteiger partial charge in [-0.05, 0) is 56.0 Å². The topological polar surface area (TPSA) is 72.2 Å². The number of rotatable bonds is 3. The molecular formula is C21H14ClF3N2O3. The van der Waals surface area contributed by atoms with Gasteiger partial charge in [-0.15, -0.1) is 0 Å². The first-order valence-corrected chi connectivity index (χ1v) is 9.49. The number of fused-ring (bicyclic) bond motifs is 1. The fraction of sp³-hybridized carbons (Fsp3) is 0.190. The predicted octanol–water partition coefficient (Wildman–Crippen LogP) is 4.89. The van der Waals surface area contributed by atoms with Crippen molar-refractivity contribution in [2.75, 3.05) is 0 Å². The van der Waals surface area contributed by atoms with Gasteiger partial charge in [-0.3, -0.25) is 4.79 Å². The number of carboxylic acids is 1. The first-order valence-electron chi connectivity index (χ1n) is 9.11. The molecule has 30 heavy (non-hydrogen) atoms. The van der Waals surface area contributed by atoms with Crippen LogP contribution in [0.2, 0.25) is 5.02 Å². The van der Waals surface area contributed by atoms with E-state index in [1.165, 1.54) is 12.1 Å². The molecule has 3 aromatic rings. The van der Waals surface area contributed by atoms with Gasteiger partial charge in [0.2, 0.25) is 0 Å². The fourth-order valence-electron chi connectivity index (χ4n) is 3.65. The molecule has 0 atom stereocenters.